The summed E-state index contributed by atoms with van der Waals surface area (Å²) >= 11 is 3.40. The molecule has 0 spiro atoms. The monoisotopic (exact) mass is 323 g/mol. The minimum atomic E-state index is 0.314. The first-order valence-electron chi connectivity index (χ1n) is 7.00. The number of fused-ring (bicyclic) bond motifs is 2. The van der Waals surface area contributed by atoms with E-state index in [4.69, 9.17) is 5.73 Å². The van der Waals surface area contributed by atoms with Crippen LogP contribution in [0, 0.1) is 16.7 Å². The lowest BCUT2D eigenvalue weighted by Gasteiger charge is -2.43. The summed E-state index contributed by atoms with van der Waals surface area (Å²) < 4.78 is 0.925. The smallest absolute Gasteiger partial charge is 0.149 e. The molecule has 1 heterocycles. The lowest BCUT2D eigenvalue weighted by Crippen LogP contribution is -2.46. The molecule has 2 aliphatic carbocycles. The van der Waals surface area contributed by atoms with Gasteiger partial charge in [-0.25, -0.2) is 4.98 Å². The van der Waals surface area contributed by atoms with Gasteiger partial charge in [-0.1, -0.05) is 20.8 Å². The van der Waals surface area contributed by atoms with Gasteiger partial charge in [-0.3, -0.25) is 0 Å². The summed E-state index contributed by atoms with van der Waals surface area (Å²) in [5.41, 5.74) is 7.49. The zero-order valence-corrected chi connectivity index (χ0v) is 13.4. The van der Waals surface area contributed by atoms with Gasteiger partial charge < -0.3 is 11.1 Å². The van der Waals surface area contributed by atoms with Crippen molar-refractivity contribution >= 4 is 27.4 Å². The molecule has 3 nitrogen and oxygen atoms in total. The normalized spacial score (nSPS) is 35.6. The zero-order chi connectivity index (χ0) is 13.8. The van der Waals surface area contributed by atoms with Gasteiger partial charge in [-0.15, -0.1) is 0 Å². The fourth-order valence-corrected chi connectivity index (χ4v) is 4.72. The Bertz CT molecular complexity index is 509. The summed E-state index contributed by atoms with van der Waals surface area (Å²) in [5, 5.41) is 3.64. The van der Waals surface area contributed by atoms with Crippen LogP contribution in [0.3, 0.4) is 0 Å². The molecular formula is C15H22BrN3. The number of halogens is 1. The Labute approximate surface area is 123 Å². The number of aromatic nitrogens is 1. The summed E-state index contributed by atoms with van der Waals surface area (Å²) in [5.74, 6) is 1.65. The van der Waals surface area contributed by atoms with E-state index in [-0.39, 0.29) is 0 Å². The second-order valence-electron chi connectivity index (χ2n) is 7.08. The molecule has 1 aromatic rings. The predicted molar refractivity (Wildman–Crippen MR) is 83.0 cm³/mol. The third-order valence-electron chi connectivity index (χ3n) is 5.43. The van der Waals surface area contributed by atoms with Crippen LogP contribution >= 0.6 is 15.9 Å². The van der Waals surface area contributed by atoms with E-state index in [9.17, 15) is 0 Å². The second kappa shape index (κ2) is 4.11. The number of anilines is 2. The molecule has 2 saturated carbocycles. The molecule has 3 unspecified atom stereocenters. The highest BCUT2D eigenvalue weighted by Crippen LogP contribution is 2.63. The highest BCUT2D eigenvalue weighted by molar-refractivity contribution is 9.10. The standard InChI is InChI=1S/C15H22BrN3/c1-14(2)9-4-5-15(3,7-9)13(14)19-12-11(17)6-10(16)8-18-12/h6,8-9,13H,4-5,7,17H2,1-3H3,(H,18,19). The lowest BCUT2D eigenvalue weighted by molar-refractivity contribution is 0.155. The Morgan fingerprint density at radius 1 is 1.42 bits per heavy atom. The molecule has 3 N–H and O–H groups in total. The van der Waals surface area contributed by atoms with E-state index in [1.54, 1.807) is 6.20 Å². The molecule has 104 valence electrons. The lowest BCUT2D eigenvalue weighted by atomic mass is 9.68. The molecule has 1 aromatic heterocycles. The molecule has 0 aliphatic heterocycles. The van der Waals surface area contributed by atoms with Crippen LogP contribution in [0.15, 0.2) is 16.7 Å². The van der Waals surface area contributed by atoms with Crippen LogP contribution in [0.4, 0.5) is 11.5 Å². The maximum atomic E-state index is 6.07. The van der Waals surface area contributed by atoms with Crippen molar-refractivity contribution in [3.8, 4) is 0 Å². The van der Waals surface area contributed by atoms with Crippen molar-refractivity contribution in [2.45, 2.75) is 46.1 Å². The van der Waals surface area contributed by atoms with E-state index in [0.29, 0.717) is 16.9 Å². The van der Waals surface area contributed by atoms with E-state index in [0.717, 1.165) is 21.9 Å². The van der Waals surface area contributed by atoms with Gasteiger partial charge in [-0.2, -0.15) is 0 Å². The Hall–Kier alpha value is -0.770. The van der Waals surface area contributed by atoms with Crippen molar-refractivity contribution in [2.24, 2.45) is 16.7 Å². The SMILES string of the molecule is CC12CCC(C1)C(C)(C)C2Nc1ncc(Br)cc1N. The number of nitrogens with one attached hydrogen (secondary N) is 1. The highest BCUT2D eigenvalue weighted by Gasteiger charge is 2.59. The molecule has 19 heavy (non-hydrogen) atoms. The number of nitrogens with zero attached hydrogens (tertiary/aromatic N) is 1. The minimum Gasteiger partial charge on any atom is -0.396 e. The van der Waals surface area contributed by atoms with Gasteiger partial charge in [0.2, 0.25) is 0 Å². The minimum absolute atomic E-state index is 0.314. The molecule has 2 fully saturated rings. The van der Waals surface area contributed by atoms with Crippen molar-refractivity contribution in [3.05, 3.63) is 16.7 Å². The van der Waals surface area contributed by atoms with Crippen LogP contribution in [-0.2, 0) is 0 Å². The first kappa shape index (κ1) is 13.2. The Morgan fingerprint density at radius 2 is 2.16 bits per heavy atom. The Kier molecular flexibility index (Phi) is 2.86. The van der Waals surface area contributed by atoms with Crippen LogP contribution in [0.1, 0.15) is 40.0 Å². The number of pyridine rings is 1. The van der Waals surface area contributed by atoms with E-state index >= 15 is 0 Å². The first-order chi connectivity index (χ1) is 8.83. The molecule has 0 saturated heterocycles. The maximum absolute atomic E-state index is 6.07. The van der Waals surface area contributed by atoms with Crippen molar-refractivity contribution in [1.29, 1.82) is 0 Å². The Morgan fingerprint density at radius 3 is 2.74 bits per heavy atom. The van der Waals surface area contributed by atoms with Gasteiger partial charge in [0.25, 0.3) is 0 Å². The van der Waals surface area contributed by atoms with Gasteiger partial charge >= 0.3 is 0 Å². The molecule has 2 aliphatic rings. The van der Waals surface area contributed by atoms with Crippen LogP contribution in [-0.4, -0.2) is 11.0 Å². The fraction of sp³-hybridized carbons (Fsp3) is 0.667. The van der Waals surface area contributed by atoms with Crippen LogP contribution in [0.25, 0.3) is 0 Å². The molecule has 3 atom stereocenters. The highest BCUT2D eigenvalue weighted by atomic mass is 79.9. The largest absolute Gasteiger partial charge is 0.396 e. The Balaban J connectivity index is 1.90. The van der Waals surface area contributed by atoms with Gasteiger partial charge in [0, 0.05) is 16.7 Å². The molecule has 2 bridgehead atoms. The third-order valence-corrected chi connectivity index (χ3v) is 5.87. The van der Waals surface area contributed by atoms with E-state index in [1.807, 2.05) is 6.07 Å². The fourth-order valence-electron chi connectivity index (χ4n) is 4.37. The number of nitrogens with two attached hydrogens (primary N) is 1. The van der Waals surface area contributed by atoms with E-state index < -0.39 is 0 Å². The van der Waals surface area contributed by atoms with Crippen LogP contribution in [0.2, 0.25) is 0 Å². The van der Waals surface area contributed by atoms with Crippen LogP contribution < -0.4 is 11.1 Å². The zero-order valence-electron chi connectivity index (χ0n) is 11.8. The van der Waals surface area contributed by atoms with E-state index in [1.165, 1.54) is 19.3 Å². The molecule has 0 aromatic carbocycles. The van der Waals surface area contributed by atoms with Crippen molar-refractivity contribution < 1.29 is 0 Å². The third kappa shape index (κ3) is 1.95. The molecule has 4 heteroatoms. The van der Waals surface area contributed by atoms with Gasteiger partial charge in [0.15, 0.2) is 0 Å². The summed E-state index contributed by atoms with van der Waals surface area (Å²) in [6.07, 6.45) is 5.81. The average Bonchev–Trinajstić information content (AvgIpc) is 2.78. The van der Waals surface area contributed by atoms with Crippen molar-refractivity contribution in [2.75, 3.05) is 11.1 Å². The van der Waals surface area contributed by atoms with Crippen LogP contribution in [0.5, 0.6) is 0 Å². The molecule has 0 radical (unpaired) electrons. The second-order valence-corrected chi connectivity index (χ2v) is 8.00. The summed E-state index contributed by atoms with van der Waals surface area (Å²) in [4.78, 5) is 4.44. The van der Waals surface area contributed by atoms with Crippen molar-refractivity contribution in [1.82, 2.24) is 4.98 Å². The molecular weight excluding hydrogens is 302 g/mol. The topological polar surface area (TPSA) is 50.9 Å². The number of hydrogen-bond donors (Lipinski definition) is 2. The summed E-state index contributed by atoms with van der Waals surface area (Å²) in [6, 6.07) is 2.37. The molecule has 0 amide bonds. The molecule has 3 rings (SSSR count). The maximum Gasteiger partial charge on any atom is 0.149 e. The van der Waals surface area contributed by atoms with Gasteiger partial charge in [-0.05, 0) is 58.0 Å². The average molecular weight is 324 g/mol. The number of nitrogen functional groups attached to an aromatic ring is 1. The van der Waals surface area contributed by atoms with Crippen molar-refractivity contribution in [3.63, 3.8) is 0 Å². The number of hydrogen-bond acceptors (Lipinski definition) is 3. The summed E-state index contributed by atoms with van der Waals surface area (Å²) in [6.45, 7) is 7.18. The number of rotatable bonds is 2. The van der Waals surface area contributed by atoms with Gasteiger partial charge in [0.1, 0.15) is 5.82 Å². The first-order valence-corrected chi connectivity index (χ1v) is 7.80. The summed E-state index contributed by atoms with van der Waals surface area (Å²) in [7, 11) is 0. The quantitative estimate of drug-likeness (QED) is 0.863. The van der Waals surface area contributed by atoms with Gasteiger partial charge in [0.05, 0.1) is 5.69 Å². The predicted octanol–water partition coefficient (Wildman–Crippen LogP) is 4.05. The van der Waals surface area contributed by atoms with E-state index in [2.05, 4.69) is 47.0 Å².